The predicted octanol–water partition coefficient (Wildman–Crippen LogP) is -2.31. The van der Waals surface area contributed by atoms with Gasteiger partial charge in [0.25, 0.3) is 5.60 Å². The molecule has 0 saturated carbocycles. The van der Waals surface area contributed by atoms with Crippen LogP contribution in [-0.4, -0.2) is 88.1 Å². The first-order valence-electron chi connectivity index (χ1n) is 3.12. The number of hydrogen-bond acceptors (Lipinski definition) is 7. The van der Waals surface area contributed by atoms with Gasteiger partial charge in [0.1, 0.15) is 18.7 Å². The molecule has 0 rings (SSSR count). The average molecular weight is 226 g/mol. The maximum atomic E-state index is 8.50. The molecule has 0 spiro atoms. The van der Waals surface area contributed by atoms with Gasteiger partial charge in [-0.2, -0.15) is 10.5 Å². The summed E-state index contributed by atoms with van der Waals surface area (Å²) in [5, 5.41) is 33.4. The number of nitriles is 2. The number of hydrogen-bond donors (Lipinski definition) is 2. The first-order valence-corrected chi connectivity index (χ1v) is 3.12. The molecule has 2 N–H and O–H groups in total. The molecule has 0 aromatic carbocycles. The molecule has 0 aromatic heterocycles. The van der Waals surface area contributed by atoms with Gasteiger partial charge in [-0.05, 0) is 0 Å². The van der Waals surface area contributed by atoms with Gasteiger partial charge in [-0.3, -0.25) is 0 Å². The van der Waals surface area contributed by atoms with Crippen LogP contribution in [0.1, 0.15) is 0 Å². The molecule has 0 saturated heterocycles. The number of rotatable bonds is 5. The van der Waals surface area contributed by atoms with E-state index in [9.17, 15) is 0 Å². The third kappa shape index (κ3) is 6.06. The van der Waals surface area contributed by atoms with Crippen molar-refractivity contribution in [2.45, 2.75) is 5.60 Å². The van der Waals surface area contributed by atoms with Gasteiger partial charge in [-0.1, -0.05) is 0 Å². The van der Waals surface area contributed by atoms with Gasteiger partial charge in [0.15, 0.2) is 0 Å². The van der Waals surface area contributed by atoms with Crippen molar-refractivity contribution in [3.63, 3.8) is 0 Å². The molecule has 0 aliphatic carbocycles. The van der Waals surface area contributed by atoms with Crippen molar-refractivity contribution in [1.82, 2.24) is 0 Å². The Morgan fingerprint density at radius 2 is 1.86 bits per heavy atom. The van der Waals surface area contributed by atoms with Crippen LogP contribution >= 0.6 is 0 Å². The number of methoxy groups -OCH3 is 1. The van der Waals surface area contributed by atoms with Crippen molar-refractivity contribution in [3.8, 4) is 12.1 Å². The van der Waals surface area contributed by atoms with Crippen LogP contribution in [0.4, 0.5) is 0 Å². The fourth-order valence-corrected chi connectivity index (χ4v) is 0.479. The summed E-state index contributed by atoms with van der Waals surface area (Å²) < 4.78 is 4.51. The number of ether oxygens (including phenoxy) is 1. The maximum absolute atomic E-state index is 8.50. The summed E-state index contributed by atoms with van der Waals surface area (Å²) in [5.41, 5.74) is -1.99. The van der Waals surface area contributed by atoms with Gasteiger partial charge >= 0.3 is 58.7 Å². The number of nitrogens with zero attached hydrogens (tertiary/aromatic N) is 2. The Hall–Kier alpha value is 0.481. The summed E-state index contributed by atoms with van der Waals surface area (Å²) in [6.45, 7) is -0.368. The normalized spacial score (nSPS) is 9.50. The molecule has 0 fully saturated rings. The first kappa shape index (κ1) is 16.9. The van der Waals surface area contributed by atoms with Gasteiger partial charge in [-0.15, -0.1) is 0 Å². The van der Waals surface area contributed by atoms with Crippen molar-refractivity contribution in [2.75, 3.05) is 13.7 Å². The Balaban J connectivity index is 0. The standard InChI is InChI=1S/C5H7BN2O5.K.H/c1-11-4-5(2-7,3-8)12-13-6(9)10;;/h9-10H,4H2,1H3;;. The third-order valence-electron chi connectivity index (χ3n) is 0.985. The topological polar surface area (TPSA) is 116 Å². The predicted molar refractivity (Wildman–Crippen MR) is 45.3 cm³/mol. The van der Waals surface area contributed by atoms with Gasteiger partial charge in [-0.25, -0.2) is 9.69 Å². The second-order valence-electron chi connectivity index (χ2n) is 1.99. The molecule has 14 heavy (non-hydrogen) atoms. The van der Waals surface area contributed by atoms with Crippen LogP contribution in [0.5, 0.6) is 0 Å². The van der Waals surface area contributed by atoms with Gasteiger partial charge in [0, 0.05) is 7.11 Å². The minimum atomic E-state index is -2.21. The van der Waals surface area contributed by atoms with Crippen molar-refractivity contribution >= 4 is 58.7 Å². The summed E-state index contributed by atoms with van der Waals surface area (Å²) in [6.07, 6.45) is 0. The monoisotopic (exact) mass is 226 g/mol. The molecule has 0 aliphatic heterocycles. The Labute approximate surface area is 124 Å². The van der Waals surface area contributed by atoms with E-state index in [1.165, 1.54) is 19.2 Å². The van der Waals surface area contributed by atoms with E-state index in [0.29, 0.717) is 0 Å². The van der Waals surface area contributed by atoms with Crippen molar-refractivity contribution in [1.29, 1.82) is 10.5 Å². The van der Waals surface area contributed by atoms with Gasteiger partial charge in [0.05, 0.1) is 0 Å². The van der Waals surface area contributed by atoms with Crippen molar-refractivity contribution in [2.24, 2.45) is 0 Å². The van der Waals surface area contributed by atoms with E-state index >= 15 is 0 Å². The average Bonchev–Trinajstić information content (AvgIpc) is 2.12. The zero-order valence-corrected chi connectivity index (χ0v) is 6.80. The Kier molecular flexibility index (Phi) is 10.6. The van der Waals surface area contributed by atoms with Crippen LogP contribution in [0.2, 0.25) is 0 Å². The van der Waals surface area contributed by atoms with Crippen LogP contribution in [0.15, 0.2) is 0 Å². The summed E-state index contributed by atoms with van der Waals surface area (Å²) in [6, 6.07) is 2.93. The van der Waals surface area contributed by atoms with Gasteiger partial charge < -0.3 is 14.8 Å². The Morgan fingerprint density at radius 3 is 2.14 bits per heavy atom. The molecule has 9 heteroatoms. The first-order chi connectivity index (χ1) is 6.10. The summed E-state index contributed by atoms with van der Waals surface area (Å²) in [7, 11) is -0.958. The molecule has 0 bridgehead atoms. The van der Waals surface area contributed by atoms with Crippen molar-refractivity contribution in [3.05, 3.63) is 0 Å². The minimum absolute atomic E-state index is 0. The fraction of sp³-hybridized carbons (Fsp3) is 0.600. The van der Waals surface area contributed by atoms with E-state index in [1.54, 1.807) is 0 Å². The van der Waals surface area contributed by atoms with Crippen LogP contribution < -0.4 is 0 Å². The van der Waals surface area contributed by atoms with Crippen LogP contribution in [0.25, 0.3) is 0 Å². The third-order valence-corrected chi connectivity index (χ3v) is 0.985. The van der Waals surface area contributed by atoms with E-state index < -0.39 is 12.9 Å². The Morgan fingerprint density at radius 1 is 1.36 bits per heavy atom. The summed E-state index contributed by atoms with van der Waals surface area (Å²) >= 11 is 0. The van der Waals surface area contributed by atoms with Gasteiger partial charge in [0.2, 0.25) is 0 Å². The second-order valence-corrected chi connectivity index (χ2v) is 1.99. The Bertz CT molecular complexity index is 223. The zero-order chi connectivity index (χ0) is 10.3. The van der Waals surface area contributed by atoms with Crippen molar-refractivity contribution < 1.29 is 24.5 Å². The SMILES string of the molecule is COCC(C#N)(C#N)OOB(O)O.[KH]. The zero-order valence-electron chi connectivity index (χ0n) is 6.80. The molecule has 0 radical (unpaired) electrons. The molecule has 0 amide bonds. The van der Waals surface area contributed by atoms with E-state index in [2.05, 4.69) is 14.4 Å². The molecule has 0 unspecified atom stereocenters. The van der Waals surface area contributed by atoms with E-state index in [0.717, 1.165) is 0 Å². The molecular weight excluding hydrogens is 218 g/mol. The molecule has 72 valence electrons. The molecule has 7 nitrogen and oxygen atoms in total. The molecule has 0 atom stereocenters. The van der Waals surface area contributed by atoms with Crippen LogP contribution in [-0.2, 0) is 14.4 Å². The molecule has 0 aromatic rings. The van der Waals surface area contributed by atoms with Crippen LogP contribution in [0.3, 0.4) is 0 Å². The van der Waals surface area contributed by atoms with E-state index in [4.69, 9.17) is 20.6 Å². The van der Waals surface area contributed by atoms with E-state index in [-0.39, 0.29) is 58.0 Å². The summed E-state index contributed by atoms with van der Waals surface area (Å²) in [4.78, 5) is 8.01. The summed E-state index contributed by atoms with van der Waals surface area (Å²) in [5.74, 6) is 0. The van der Waals surface area contributed by atoms with Crippen LogP contribution in [0, 0.1) is 22.7 Å². The molecule has 0 aliphatic rings. The quantitative estimate of drug-likeness (QED) is 0.307. The van der Waals surface area contributed by atoms with E-state index in [1.807, 2.05) is 0 Å². The molecule has 0 heterocycles. The fourth-order valence-electron chi connectivity index (χ4n) is 0.479. The molecular formula is C5H8BKN2O5. The second kappa shape index (κ2) is 8.76.